The highest BCUT2D eigenvalue weighted by atomic mass is 16.3. The van der Waals surface area contributed by atoms with E-state index in [0.717, 1.165) is 5.56 Å². The van der Waals surface area contributed by atoms with E-state index in [-0.39, 0.29) is 17.2 Å². The van der Waals surface area contributed by atoms with E-state index in [0.29, 0.717) is 17.5 Å². The number of fused-ring (bicyclic) bond motifs is 1. The minimum Gasteiger partial charge on any atom is -0.451 e. The van der Waals surface area contributed by atoms with E-state index in [9.17, 15) is 9.59 Å². The van der Waals surface area contributed by atoms with Gasteiger partial charge in [0.1, 0.15) is 5.58 Å². The van der Waals surface area contributed by atoms with Crippen LogP contribution in [-0.4, -0.2) is 31.4 Å². The van der Waals surface area contributed by atoms with E-state index in [1.54, 1.807) is 24.3 Å². The van der Waals surface area contributed by atoms with Crippen LogP contribution in [0.4, 0.5) is 0 Å². The van der Waals surface area contributed by atoms with Gasteiger partial charge in [-0.15, -0.1) is 0 Å². The van der Waals surface area contributed by atoms with Gasteiger partial charge in [0.05, 0.1) is 11.4 Å². The van der Waals surface area contributed by atoms with Gasteiger partial charge in [-0.3, -0.25) is 9.59 Å². The van der Waals surface area contributed by atoms with Gasteiger partial charge in [0.2, 0.25) is 0 Å². The molecule has 0 aliphatic carbocycles. The second kappa shape index (κ2) is 7.54. The Morgan fingerprint density at radius 2 is 1.81 bits per heavy atom. The van der Waals surface area contributed by atoms with Crippen LogP contribution in [0.1, 0.15) is 27.7 Å². The monoisotopic (exact) mass is 350 g/mol. The third-order valence-corrected chi connectivity index (χ3v) is 4.40. The van der Waals surface area contributed by atoms with Crippen LogP contribution >= 0.6 is 0 Å². The number of nitrogens with zero attached hydrogens (tertiary/aromatic N) is 1. The number of aryl methyl sites for hydroxylation is 1. The second-order valence-corrected chi connectivity index (χ2v) is 6.57. The maximum Gasteiger partial charge on any atom is 0.287 e. The number of benzene rings is 2. The fourth-order valence-corrected chi connectivity index (χ4v) is 2.88. The molecule has 5 heteroatoms. The van der Waals surface area contributed by atoms with Crippen molar-refractivity contribution in [2.24, 2.45) is 0 Å². The first-order valence-corrected chi connectivity index (χ1v) is 8.50. The Balaban J connectivity index is 1.78. The molecule has 0 bridgehead atoms. The molecule has 5 nitrogen and oxygen atoms in total. The van der Waals surface area contributed by atoms with Crippen LogP contribution in [0.25, 0.3) is 11.0 Å². The van der Waals surface area contributed by atoms with Gasteiger partial charge in [-0.05, 0) is 38.7 Å². The van der Waals surface area contributed by atoms with Gasteiger partial charge in [-0.25, -0.2) is 0 Å². The summed E-state index contributed by atoms with van der Waals surface area (Å²) in [6, 6.07) is 16.4. The summed E-state index contributed by atoms with van der Waals surface area (Å²) in [5.41, 5.74) is 2.49. The van der Waals surface area contributed by atoms with Crippen molar-refractivity contribution in [3.05, 3.63) is 81.7 Å². The molecule has 0 radical (unpaired) electrons. The third-order valence-electron chi connectivity index (χ3n) is 4.40. The Bertz CT molecular complexity index is 974. The second-order valence-electron chi connectivity index (χ2n) is 6.57. The minimum absolute atomic E-state index is 0.0201. The molecule has 1 atom stereocenters. The molecular weight excluding hydrogens is 328 g/mol. The summed E-state index contributed by atoms with van der Waals surface area (Å²) in [5, 5.41) is 3.34. The number of rotatable bonds is 5. The Morgan fingerprint density at radius 3 is 2.50 bits per heavy atom. The number of hydrogen-bond acceptors (Lipinski definition) is 4. The summed E-state index contributed by atoms with van der Waals surface area (Å²) in [4.78, 5) is 26.7. The third kappa shape index (κ3) is 3.83. The maximum absolute atomic E-state index is 12.5. The molecule has 0 aliphatic rings. The van der Waals surface area contributed by atoms with E-state index < -0.39 is 5.91 Å². The molecule has 0 saturated carbocycles. The lowest BCUT2D eigenvalue weighted by Crippen LogP contribution is -2.34. The zero-order chi connectivity index (χ0) is 18.7. The van der Waals surface area contributed by atoms with Gasteiger partial charge in [0.25, 0.3) is 5.91 Å². The first kappa shape index (κ1) is 17.9. The molecule has 0 spiro atoms. The van der Waals surface area contributed by atoms with Gasteiger partial charge < -0.3 is 14.6 Å². The summed E-state index contributed by atoms with van der Waals surface area (Å²) in [5.74, 6) is -0.373. The molecule has 0 fully saturated rings. The smallest absolute Gasteiger partial charge is 0.287 e. The average Bonchev–Trinajstić information content (AvgIpc) is 2.63. The fourth-order valence-electron chi connectivity index (χ4n) is 2.88. The number of para-hydroxylation sites is 1. The number of amides is 1. The number of likely N-dealkylation sites (N-methyl/N-ethyl adjacent to an activating group) is 1. The lowest BCUT2D eigenvalue weighted by Gasteiger charge is -2.25. The highest BCUT2D eigenvalue weighted by Gasteiger charge is 2.17. The van der Waals surface area contributed by atoms with E-state index >= 15 is 0 Å². The normalized spacial score (nSPS) is 12.3. The van der Waals surface area contributed by atoms with Crippen molar-refractivity contribution in [1.29, 1.82) is 0 Å². The molecule has 134 valence electrons. The Labute approximate surface area is 152 Å². The van der Waals surface area contributed by atoms with Crippen LogP contribution in [0.2, 0.25) is 0 Å². The molecule has 1 amide bonds. The SMILES string of the molecule is Cc1ccc([C@H](CNC(=O)c2cc(=O)c3ccccc3o2)N(C)C)cc1. The van der Waals surface area contributed by atoms with E-state index in [1.807, 2.05) is 25.9 Å². The number of carbonyl (C=O) groups is 1. The summed E-state index contributed by atoms with van der Waals surface area (Å²) in [7, 11) is 3.93. The molecule has 0 saturated heterocycles. The van der Waals surface area contributed by atoms with Gasteiger partial charge >= 0.3 is 0 Å². The standard InChI is InChI=1S/C21H22N2O3/c1-14-8-10-15(11-9-14)17(23(2)3)13-22-21(25)20-12-18(24)16-6-4-5-7-19(16)26-20/h4-12,17H,13H2,1-3H3,(H,22,25)/t17-/m0/s1. The van der Waals surface area contributed by atoms with Crippen LogP contribution < -0.4 is 10.7 Å². The summed E-state index contributed by atoms with van der Waals surface area (Å²) >= 11 is 0. The van der Waals surface area contributed by atoms with Crippen LogP contribution in [0.15, 0.2) is 63.8 Å². The van der Waals surface area contributed by atoms with Gasteiger partial charge in [0, 0.05) is 12.6 Å². The first-order valence-electron chi connectivity index (χ1n) is 8.50. The van der Waals surface area contributed by atoms with Crippen molar-refractivity contribution < 1.29 is 9.21 Å². The molecule has 3 rings (SSSR count). The molecule has 3 aromatic rings. The Kier molecular flexibility index (Phi) is 5.19. The van der Waals surface area contributed by atoms with Gasteiger partial charge in [-0.2, -0.15) is 0 Å². The van der Waals surface area contributed by atoms with Gasteiger partial charge in [0.15, 0.2) is 11.2 Å². The Hall–Kier alpha value is -2.92. The molecular formula is C21H22N2O3. The number of carbonyl (C=O) groups excluding carboxylic acids is 1. The van der Waals surface area contributed by atoms with Crippen LogP contribution in [0.5, 0.6) is 0 Å². The van der Waals surface area contributed by atoms with Crippen LogP contribution in [-0.2, 0) is 0 Å². The molecule has 1 aromatic heterocycles. The molecule has 0 unspecified atom stereocenters. The van der Waals surface area contributed by atoms with Crippen molar-refractivity contribution in [2.75, 3.05) is 20.6 Å². The van der Waals surface area contributed by atoms with Crippen molar-refractivity contribution in [2.45, 2.75) is 13.0 Å². The fraction of sp³-hybridized carbons (Fsp3) is 0.238. The first-order chi connectivity index (χ1) is 12.5. The average molecular weight is 350 g/mol. The van der Waals surface area contributed by atoms with Gasteiger partial charge in [-0.1, -0.05) is 42.0 Å². The van der Waals surface area contributed by atoms with E-state index in [2.05, 4.69) is 29.6 Å². The quantitative estimate of drug-likeness (QED) is 0.768. The van der Waals surface area contributed by atoms with Crippen molar-refractivity contribution in [3.63, 3.8) is 0 Å². The summed E-state index contributed by atoms with van der Waals surface area (Å²) in [6.45, 7) is 2.45. The Morgan fingerprint density at radius 1 is 1.12 bits per heavy atom. The zero-order valence-electron chi connectivity index (χ0n) is 15.2. The predicted octanol–water partition coefficient (Wildman–Crippen LogP) is 3.13. The maximum atomic E-state index is 12.5. The lowest BCUT2D eigenvalue weighted by molar-refractivity contribution is 0.0914. The zero-order valence-corrected chi connectivity index (χ0v) is 15.2. The van der Waals surface area contributed by atoms with E-state index in [4.69, 9.17) is 4.42 Å². The summed E-state index contributed by atoms with van der Waals surface area (Å²) < 4.78 is 5.59. The molecule has 1 heterocycles. The number of nitrogens with one attached hydrogen (secondary N) is 1. The summed E-state index contributed by atoms with van der Waals surface area (Å²) in [6.07, 6.45) is 0. The predicted molar refractivity (Wildman–Crippen MR) is 102 cm³/mol. The number of hydrogen-bond donors (Lipinski definition) is 1. The largest absolute Gasteiger partial charge is 0.451 e. The van der Waals surface area contributed by atoms with E-state index in [1.165, 1.54) is 11.6 Å². The topological polar surface area (TPSA) is 62.6 Å². The minimum atomic E-state index is -0.396. The van der Waals surface area contributed by atoms with Crippen molar-refractivity contribution in [1.82, 2.24) is 10.2 Å². The highest BCUT2D eigenvalue weighted by Crippen LogP contribution is 2.18. The van der Waals surface area contributed by atoms with Crippen LogP contribution in [0, 0.1) is 6.92 Å². The van der Waals surface area contributed by atoms with Crippen LogP contribution in [0.3, 0.4) is 0 Å². The van der Waals surface area contributed by atoms with Crippen molar-refractivity contribution >= 4 is 16.9 Å². The lowest BCUT2D eigenvalue weighted by atomic mass is 10.0. The highest BCUT2D eigenvalue weighted by molar-refractivity contribution is 5.93. The molecule has 1 N–H and O–H groups in total. The molecule has 26 heavy (non-hydrogen) atoms. The molecule has 2 aromatic carbocycles. The molecule has 0 aliphatic heterocycles. The van der Waals surface area contributed by atoms with Crippen molar-refractivity contribution in [3.8, 4) is 0 Å².